The van der Waals surface area contributed by atoms with E-state index in [1.54, 1.807) is 32.3 Å². The average molecular weight is 1000 g/mol. The Kier molecular flexibility index (Phi) is 20.1. The van der Waals surface area contributed by atoms with Crippen molar-refractivity contribution < 1.29 is 58.5 Å². The van der Waals surface area contributed by atoms with Gasteiger partial charge in [-0.1, -0.05) is 44.2 Å². The Morgan fingerprint density at radius 1 is 0.736 bits per heavy atom. The molecule has 0 unspecified atom stereocenters. The quantitative estimate of drug-likeness (QED) is 0.0286. The normalized spacial score (nSPS) is 15.8. The van der Waals surface area contributed by atoms with E-state index in [0.717, 1.165) is 10.9 Å². The monoisotopic (exact) mass is 1000 g/mol. The van der Waals surface area contributed by atoms with E-state index >= 15 is 0 Å². The number of carbonyl (C=O) groups is 9. The standard InChI is InChI=1S/C47H63N13O12/c1-25(2)14-33(43(68)59-37(23-62)47(72)60-13-5-8-38(60)46(71)52-20-39(49)64)55-40(65)21-53-42(67)34(15-26-9-11-29(63)12-10-26)57-45(70)36(22-61)58-44(69)35(16-27-18-51-32-7-4-3-6-30(27)32)56-41(66)31(48)17-28-19-50-24-54-28/h3-4,6-7,9-12,18-19,24-25,31,33-38,51,61-63H,5,8,13-17,20-23,48H2,1-2H3,(H2,49,64)(H,50,54)(H,52,71)(H,53,67)(H,55,65)(H,56,66)(H,57,70)(H,58,69)(H,59,68)/t31-,33-,34-,35-,36-,37-,38-/m0/s1. The van der Waals surface area contributed by atoms with E-state index in [-0.39, 0.29) is 50.3 Å². The Balaban J connectivity index is 1.25. The van der Waals surface area contributed by atoms with E-state index < -0.39 is 122 Å². The molecule has 16 N–H and O–H groups in total. The van der Waals surface area contributed by atoms with Crippen LogP contribution in [0.4, 0.5) is 0 Å². The van der Waals surface area contributed by atoms with E-state index in [1.165, 1.54) is 35.5 Å². The van der Waals surface area contributed by atoms with Crippen molar-refractivity contribution >= 4 is 64.1 Å². The van der Waals surface area contributed by atoms with Crippen LogP contribution in [0, 0.1) is 5.92 Å². The number of para-hydroxylation sites is 1. The number of phenols is 1. The fourth-order valence-electron chi connectivity index (χ4n) is 8.04. The van der Waals surface area contributed by atoms with Gasteiger partial charge in [-0.2, -0.15) is 0 Å². The Hall–Kier alpha value is -7.90. The summed E-state index contributed by atoms with van der Waals surface area (Å²) >= 11 is 0. The number of aliphatic hydroxyl groups is 2. The van der Waals surface area contributed by atoms with Crippen LogP contribution in [0.3, 0.4) is 0 Å². The van der Waals surface area contributed by atoms with Gasteiger partial charge in [-0.3, -0.25) is 43.2 Å². The molecule has 72 heavy (non-hydrogen) atoms. The summed E-state index contributed by atoms with van der Waals surface area (Å²) in [5.74, 6) is -7.66. The van der Waals surface area contributed by atoms with Crippen LogP contribution < -0.4 is 48.7 Å². The van der Waals surface area contributed by atoms with E-state index in [2.05, 4.69) is 52.2 Å². The highest BCUT2D eigenvalue weighted by molar-refractivity contribution is 5.98. The maximum atomic E-state index is 14.0. The predicted octanol–water partition coefficient (Wildman–Crippen LogP) is -3.88. The number of aromatic nitrogens is 3. The van der Waals surface area contributed by atoms with Crippen molar-refractivity contribution in [3.05, 3.63) is 84.1 Å². The molecule has 5 rings (SSSR count). The first-order chi connectivity index (χ1) is 34.4. The van der Waals surface area contributed by atoms with Crippen molar-refractivity contribution in [3.63, 3.8) is 0 Å². The molecule has 0 bridgehead atoms. The summed E-state index contributed by atoms with van der Waals surface area (Å²) in [6.07, 6.45) is 5.18. The first kappa shape index (κ1) is 55.0. The van der Waals surface area contributed by atoms with Gasteiger partial charge in [-0.05, 0) is 54.5 Å². The molecule has 25 heteroatoms. The Morgan fingerprint density at radius 3 is 2.04 bits per heavy atom. The van der Waals surface area contributed by atoms with Crippen molar-refractivity contribution in [2.45, 2.75) is 94.7 Å². The number of fused-ring (bicyclic) bond motifs is 1. The second kappa shape index (κ2) is 26.3. The third kappa shape index (κ3) is 15.8. The third-order valence-corrected chi connectivity index (χ3v) is 11.7. The molecule has 1 fully saturated rings. The number of H-pyrrole nitrogens is 2. The van der Waals surface area contributed by atoms with Gasteiger partial charge in [0.15, 0.2) is 0 Å². The summed E-state index contributed by atoms with van der Waals surface area (Å²) in [5.41, 5.74) is 13.7. The van der Waals surface area contributed by atoms with Crippen molar-refractivity contribution in [3.8, 4) is 5.75 Å². The van der Waals surface area contributed by atoms with E-state index in [9.17, 15) is 58.5 Å². The summed E-state index contributed by atoms with van der Waals surface area (Å²) in [6, 6.07) is 3.59. The van der Waals surface area contributed by atoms with Gasteiger partial charge >= 0.3 is 0 Å². The van der Waals surface area contributed by atoms with Gasteiger partial charge in [0.25, 0.3) is 0 Å². The molecular weight excluding hydrogens is 939 g/mol. The SMILES string of the molecule is CC(C)C[C@H](NC(=O)CNC(=O)[C@H](Cc1ccc(O)cc1)NC(=O)[C@H](CO)NC(=O)[C@H](Cc1c[nH]c2ccccc12)NC(=O)[C@@H](N)Cc1c[nH]cn1)C(=O)N[C@@H](CO)C(=O)N1CCC[C@H]1C(=O)NCC(N)=O. The topological polar surface area (TPSA) is 398 Å². The number of carbonyl (C=O) groups excluding carboxylic acids is 9. The molecule has 2 aromatic carbocycles. The number of nitrogens with two attached hydrogens (primary N) is 2. The zero-order chi connectivity index (χ0) is 52.5. The number of benzene rings is 2. The predicted molar refractivity (Wildman–Crippen MR) is 257 cm³/mol. The first-order valence-electron chi connectivity index (χ1n) is 23.3. The fraction of sp³-hybridized carbons (Fsp3) is 0.447. The molecule has 1 saturated heterocycles. The van der Waals surface area contributed by atoms with Crippen molar-refractivity contribution in [1.82, 2.24) is 57.1 Å². The number of hydrogen-bond acceptors (Lipinski definition) is 14. The van der Waals surface area contributed by atoms with Gasteiger partial charge < -0.3 is 78.9 Å². The smallest absolute Gasteiger partial charge is 0.248 e. The fourth-order valence-corrected chi connectivity index (χ4v) is 8.04. The molecule has 2 aromatic heterocycles. The molecule has 1 aliphatic heterocycles. The first-order valence-corrected chi connectivity index (χ1v) is 23.3. The minimum atomic E-state index is -1.67. The lowest BCUT2D eigenvalue weighted by Crippen LogP contribution is -2.60. The molecule has 0 aliphatic carbocycles. The maximum absolute atomic E-state index is 14.0. The second-order valence-corrected chi connectivity index (χ2v) is 17.8. The number of likely N-dealkylation sites (tertiary alicyclic amines) is 1. The largest absolute Gasteiger partial charge is 0.508 e. The van der Waals surface area contributed by atoms with Gasteiger partial charge in [-0.15, -0.1) is 0 Å². The summed E-state index contributed by atoms with van der Waals surface area (Å²) in [4.78, 5) is 131. The number of nitrogens with one attached hydrogen (secondary N) is 9. The Labute approximate surface area is 413 Å². The number of phenolic OH excluding ortho intramolecular Hbond substituents is 1. The number of hydrogen-bond donors (Lipinski definition) is 14. The number of aromatic hydroxyl groups is 1. The molecule has 388 valence electrons. The highest BCUT2D eigenvalue weighted by atomic mass is 16.3. The van der Waals surface area contributed by atoms with Crippen molar-refractivity contribution in [2.75, 3.05) is 32.8 Å². The van der Waals surface area contributed by atoms with E-state index in [4.69, 9.17) is 11.5 Å². The molecule has 0 radical (unpaired) electrons. The van der Waals surface area contributed by atoms with E-state index in [1.807, 2.05) is 18.2 Å². The summed E-state index contributed by atoms with van der Waals surface area (Å²) in [6.45, 7) is 0.683. The lowest BCUT2D eigenvalue weighted by atomic mass is 10.0. The van der Waals surface area contributed by atoms with Crippen molar-refractivity contribution in [2.24, 2.45) is 17.4 Å². The minimum Gasteiger partial charge on any atom is -0.508 e. The van der Waals surface area contributed by atoms with Crippen LogP contribution >= 0.6 is 0 Å². The van der Waals surface area contributed by atoms with Crippen LogP contribution in [0.1, 0.15) is 49.9 Å². The Morgan fingerprint density at radius 2 is 1.38 bits per heavy atom. The van der Waals surface area contributed by atoms with Gasteiger partial charge in [0.2, 0.25) is 53.2 Å². The zero-order valence-electron chi connectivity index (χ0n) is 39.8. The van der Waals surface area contributed by atoms with Crippen LogP contribution in [0.25, 0.3) is 10.9 Å². The van der Waals surface area contributed by atoms with Gasteiger partial charge in [0.1, 0.15) is 42.0 Å². The summed E-state index contributed by atoms with van der Waals surface area (Å²) in [5, 5.41) is 48.6. The second-order valence-electron chi connectivity index (χ2n) is 17.8. The number of primary amides is 1. The number of nitrogens with zero attached hydrogens (tertiary/aromatic N) is 2. The molecule has 7 atom stereocenters. The molecular formula is C47H63N13O12. The number of aromatic amines is 2. The van der Waals surface area contributed by atoms with Crippen LogP contribution in [0.2, 0.25) is 0 Å². The molecule has 0 spiro atoms. The molecule has 25 nitrogen and oxygen atoms in total. The maximum Gasteiger partial charge on any atom is 0.248 e. The third-order valence-electron chi connectivity index (χ3n) is 11.7. The Bertz CT molecular complexity index is 2530. The van der Waals surface area contributed by atoms with Crippen molar-refractivity contribution in [1.29, 1.82) is 0 Å². The zero-order valence-corrected chi connectivity index (χ0v) is 39.8. The number of imidazole rings is 1. The van der Waals surface area contributed by atoms with Crippen LogP contribution in [0.5, 0.6) is 5.75 Å². The lowest BCUT2D eigenvalue weighted by molar-refractivity contribution is -0.143. The molecule has 9 amide bonds. The molecule has 3 heterocycles. The van der Waals surface area contributed by atoms with E-state index in [0.29, 0.717) is 23.2 Å². The van der Waals surface area contributed by atoms with Gasteiger partial charge in [0.05, 0.1) is 44.4 Å². The van der Waals surface area contributed by atoms with Crippen LogP contribution in [0.15, 0.2) is 67.3 Å². The number of amides is 9. The minimum absolute atomic E-state index is 0.0393. The molecule has 4 aromatic rings. The van der Waals surface area contributed by atoms with Gasteiger partial charge in [0, 0.05) is 49.1 Å². The molecule has 0 saturated carbocycles. The van der Waals surface area contributed by atoms with Gasteiger partial charge in [-0.25, -0.2) is 4.98 Å². The molecule has 1 aliphatic rings. The highest BCUT2D eigenvalue weighted by Crippen LogP contribution is 2.21. The highest BCUT2D eigenvalue weighted by Gasteiger charge is 2.39. The average Bonchev–Trinajstić information content (AvgIpc) is 4.15. The summed E-state index contributed by atoms with van der Waals surface area (Å²) < 4.78 is 0. The lowest BCUT2D eigenvalue weighted by Gasteiger charge is -2.29. The van der Waals surface area contributed by atoms with Crippen LogP contribution in [-0.4, -0.2) is 163 Å². The number of aliphatic hydroxyl groups excluding tert-OH is 2. The van der Waals surface area contributed by atoms with Crippen LogP contribution in [-0.2, 0) is 62.4 Å². The number of rotatable bonds is 26. The summed E-state index contributed by atoms with van der Waals surface area (Å²) in [7, 11) is 0.